The quantitative estimate of drug-likeness (QED) is 0.448. The lowest BCUT2D eigenvalue weighted by Gasteiger charge is -2.14. The molecule has 174 valence electrons. The van der Waals surface area contributed by atoms with Crippen LogP contribution in [-0.4, -0.2) is 53.6 Å². The Kier molecular flexibility index (Phi) is 5.58. The van der Waals surface area contributed by atoms with Gasteiger partial charge in [-0.3, -0.25) is 0 Å². The van der Waals surface area contributed by atoms with Gasteiger partial charge in [0.05, 0.1) is 19.0 Å². The molecule has 0 spiro atoms. The third kappa shape index (κ3) is 3.82. The predicted octanol–water partition coefficient (Wildman–Crippen LogP) is 3.02. The van der Waals surface area contributed by atoms with Crippen molar-refractivity contribution in [2.45, 2.75) is 18.0 Å². The Hall–Kier alpha value is -3.70. The molecule has 11 heteroatoms. The molecule has 0 unspecified atom stereocenters. The molecule has 0 bridgehead atoms. The van der Waals surface area contributed by atoms with Crippen LogP contribution in [0.1, 0.15) is 11.1 Å². The van der Waals surface area contributed by atoms with Crippen molar-refractivity contribution in [1.29, 1.82) is 0 Å². The normalized spacial score (nSPS) is 13.2. The van der Waals surface area contributed by atoms with Gasteiger partial charge in [0.15, 0.2) is 5.03 Å². The van der Waals surface area contributed by atoms with Gasteiger partial charge in [0.25, 0.3) is 10.0 Å². The highest BCUT2D eigenvalue weighted by molar-refractivity contribution is 7.89. The molecule has 9 nitrogen and oxygen atoms in total. The number of halogens is 1. The van der Waals surface area contributed by atoms with Crippen molar-refractivity contribution < 1.29 is 17.5 Å². The lowest BCUT2D eigenvalue weighted by molar-refractivity contribution is 0.356. The van der Waals surface area contributed by atoms with Crippen molar-refractivity contribution >= 4 is 26.6 Å². The predicted molar refractivity (Wildman–Crippen MR) is 124 cm³/mol. The number of hydrogen-bond acceptors (Lipinski definition) is 8. The second kappa shape index (κ2) is 8.58. The van der Waals surface area contributed by atoms with E-state index in [1.807, 2.05) is 0 Å². The molecule has 1 N–H and O–H groups in total. The lowest BCUT2D eigenvalue weighted by Crippen LogP contribution is -2.23. The largest absolute Gasteiger partial charge is 0.493 e. The topological polar surface area (TPSA) is 110 Å². The Morgan fingerprint density at radius 3 is 2.56 bits per heavy atom. The van der Waals surface area contributed by atoms with Crippen LogP contribution in [0.15, 0.2) is 54.1 Å². The van der Waals surface area contributed by atoms with E-state index in [4.69, 9.17) is 4.74 Å². The fraction of sp³-hybridized carbons (Fsp3) is 0.217. The maximum atomic E-state index is 14.5. The highest BCUT2D eigenvalue weighted by atomic mass is 32.2. The third-order valence-electron chi connectivity index (χ3n) is 5.76. The summed E-state index contributed by atoms with van der Waals surface area (Å²) in [6.45, 7) is 0.778. The van der Waals surface area contributed by atoms with Crippen LogP contribution in [0.25, 0.3) is 21.9 Å². The fourth-order valence-electron chi connectivity index (χ4n) is 3.92. The van der Waals surface area contributed by atoms with Crippen LogP contribution in [0.2, 0.25) is 0 Å². The first-order valence-corrected chi connectivity index (χ1v) is 12.0. The van der Waals surface area contributed by atoms with Crippen LogP contribution < -0.4 is 10.1 Å². The number of benzene rings is 1. The lowest BCUT2D eigenvalue weighted by atomic mass is 10.0. The van der Waals surface area contributed by atoms with Crippen LogP contribution in [0.5, 0.6) is 5.75 Å². The van der Waals surface area contributed by atoms with E-state index in [0.717, 1.165) is 20.8 Å². The number of nitrogens with zero attached hydrogens (tertiary/aromatic N) is 5. The SMILES string of the molecule is CN(C)S(=O)(=O)c1ccc(-c2cnc(NCc3c(F)ccc4c3CCO4)c3cnncc23)cn1. The number of rotatable bonds is 6. The van der Waals surface area contributed by atoms with Gasteiger partial charge in [-0.25, -0.2) is 27.1 Å². The van der Waals surface area contributed by atoms with Gasteiger partial charge < -0.3 is 10.1 Å². The zero-order valence-electron chi connectivity index (χ0n) is 18.5. The fourth-order valence-corrected chi connectivity index (χ4v) is 4.72. The summed E-state index contributed by atoms with van der Waals surface area (Å²) < 4.78 is 45.8. The summed E-state index contributed by atoms with van der Waals surface area (Å²) in [5.74, 6) is 0.949. The zero-order valence-corrected chi connectivity index (χ0v) is 19.3. The van der Waals surface area contributed by atoms with Gasteiger partial charge in [-0.15, -0.1) is 0 Å². The molecule has 3 aromatic heterocycles. The molecule has 0 aliphatic carbocycles. The van der Waals surface area contributed by atoms with Crippen molar-refractivity contribution in [3.8, 4) is 16.9 Å². The summed E-state index contributed by atoms with van der Waals surface area (Å²) in [5, 5.41) is 12.6. The number of fused-ring (bicyclic) bond motifs is 2. The number of anilines is 1. The molecule has 0 saturated carbocycles. The summed E-state index contributed by atoms with van der Waals surface area (Å²) in [6, 6.07) is 6.20. The van der Waals surface area contributed by atoms with Crippen LogP contribution in [0.3, 0.4) is 0 Å². The number of hydrogen-bond donors (Lipinski definition) is 1. The number of aromatic nitrogens is 4. The molecular formula is C23H21FN6O3S. The van der Waals surface area contributed by atoms with Crippen LogP contribution in [0, 0.1) is 5.82 Å². The first-order valence-electron chi connectivity index (χ1n) is 10.5. The Bertz CT molecular complexity index is 1490. The van der Waals surface area contributed by atoms with Gasteiger partial charge >= 0.3 is 0 Å². The Labute approximate surface area is 195 Å². The molecule has 34 heavy (non-hydrogen) atoms. The van der Waals surface area contributed by atoms with Crippen LogP contribution in [-0.2, 0) is 23.0 Å². The van der Waals surface area contributed by atoms with Crippen molar-refractivity contribution in [3.63, 3.8) is 0 Å². The number of nitrogens with one attached hydrogen (secondary N) is 1. The summed E-state index contributed by atoms with van der Waals surface area (Å²) >= 11 is 0. The first-order chi connectivity index (χ1) is 16.4. The Balaban J connectivity index is 1.48. The molecule has 1 aliphatic rings. The average Bonchev–Trinajstić information content (AvgIpc) is 3.32. The van der Waals surface area contributed by atoms with Crippen molar-refractivity contribution in [2.24, 2.45) is 0 Å². The first kappa shape index (κ1) is 22.1. The number of pyridine rings is 2. The highest BCUT2D eigenvalue weighted by Crippen LogP contribution is 2.33. The molecule has 0 atom stereocenters. The molecule has 4 heterocycles. The highest BCUT2D eigenvalue weighted by Gasteiger charge is 2.21. The number of sulfonamides is 1. The van der Waals surface area contributed by atoms with E-state index in [-0.39, 0.29) is 17.4 Å². The van der Waals surface area contributed by atoms with Crippen molar-refractivity contribution in [2.75, 3.05) is 26.0 Å². The van der Waals surface area contributed by atoms with E-state index < -0.39 is 10.0 Å². The Morgan fingerprint density at radius 2 is 1.82 bits per heavy atom. The van der Waals surface area contributed by atoms with E-state index in [1.54, 1.807) is 30.7 Å². The van der Waals surface area contributed by atoms with E-state index in [1.165, 1.54) is 32.4 Å². The maximum absolute atomic E-state index is 14.5. The zero-order chi connectivity index (χ0) is 23.9. The monoisotopic (exact) mass is 480 g/mol. The van der Waals surface area contributed by atoms with Gasteiger partial charge in [0.2, 0.25) is 0 Å². The van der Waals surface area contributed by atoms with Crippen molar-refractivity contribution in [1.82, 2.24) is 24.5 Å². The van der Waals surface area contributed by atoms with Gasteiger partial charge in [-0.2, -0.15) is 10.2 Å². The van der Waals surface area contributed by atoms with E-state index in [0.29, 0.717) is 41.1 Å². The van der Waals surface area contributed by atoms with Gasteiger partial charge in [0, 0.05) is 72.5 Å². The summed E-state index contributed by atoms with van der Waals surface area (Å²) in [5.41, 5.74) is 2.82. The molecule has 0 amide bonds. The third-order valence-corrected chi connectivity index (χ3v) is 7.50. The molecule has 0 radical (unpaired) electrons. The van der Waals surface area contributed by atoms with Crippen LogP contribution >= 0.6 is 0 Å². The standard InChI is InChI=1S/C23H21FN6O3S/c1-30(2)34(31,32)22-6-3-14(9-25-22)16-10-26-23(19-13-29-28-12-17(16)19)27-11-18-15-7-8-33-21(15)5-4-20(18)24/h3-6,9-10,12-13H,7-8,11H2,1-2H3,(H,26,27). The Morgan fingerprint density at radius 1 is 1.03 bits per heavy atom. The summed E-state index contributed by atoms with van der Waals surface area (Å²) in [7, 11) is -0.725. The minimum atomic E-state index is -3.63. The summed E-state index contributed by atoms with van der Waals surface area (Å²) in [4.78, 5) is 8.67. The van der Waals surface area contributed by atoms with Crippen molar-refractivity contribution in [3.05, 3.63) is 66.0 Å². The molecule has 0 saturated heterocycles. The second-order valence-electron chi connectivity index (χ2n) is 7.96. The molecule has 1 aliphatic heterocycles. The molecule has 1 aromatic carbocycles. The summed E-state index contributed by atoms with van der Waals surface area (Å²) in [6.07, 6.45) is 6.99. The molecule has 4 aromatic rings. The van der Waals surface area contributed by atoms with Crippen LogP contribution in [0.4, 0.5) is 10.2 Å². The minimum absolute atomic E-state index is 0.0435. The van der Waals surface area contributed by atoms with E-state index >= 15 is 0 Å². The van der Waals surface area contributed by atoms with Gasteiger partial charge in [-0.1, -0.05) is 0 Å². The molecule has 5 rings (SSSR count). The minimum Gasteiger partial charge on any atom is -0.493 e. The maximum Gasteiger partial charge on any atom is 0.260 e. The van der Waals surface area contributed by atoms with E-state index in [2.05, 4.69) is 25.5 Å². The average molecular weight is 481 g/mol. The smallest absolute Gasteiger partial charge is 0.260 e. The van der Waals surface area contributed by atoms with Gasteiger partial charge in [-0.05, 0) is 24.3 Å². The molecule has 0 fully saturated rings. The van der Waals surface area contributed by atoms with Gasteiger partial charge in [0.1, 0.15) is 17.4 Å². The number of ether oxygens (including phenoxy) is 1. The second-order valence-corrected chi connectivity index (χ2v) is 10.1. The van der Waals surface area contributed by atoms with E-state index in [9.17, 15) is 12.8 Å². The molecular weight excluding hydrogens is 459 g/mol.